The van der Waals surface area contributed by atoms with E-state index in [9.17, 15) is 9.90 Å². The van der Waals surface area contributed by atoms with Crippen LogP contribution in [0.4, 0.5) is 0 Å². The van der Waals surface area contributed by atoms with E-state index in [1.54, 1.807) is 11.9 Å². The van der Waals surface area contributed by atoms with Gasteiger partial charge < -0.3 is 20.6 Å². The molecular formula is C14H25N3O2S. The molecule has 1 amide bonds. The summed E-state index contributed by atoms with van der Waals surface area (Å²) < 4.78 is 0. The lowest BCUT2D eigenvalue weighted by molar-refractivity contribution is -0.130. The summed E-state index contributed by atoms with van der Waals surface area (Å²) in [5.74, 6) is 1.20. The van der Waals surface area contributed by atoms with Gasteiger partial charge >= 0.3 is 0 Å². The Kier molecular flexibility index (Phi) is 5.35. The molecule has 6 heteroatoms. The third-order valence-electron chi connectivity index (χ3n) is 4.66. The number of hydrogen-bond acceptors (Lipinski definition) is 4. The number of nitrogens with zero attached hydrogens (tertiary/aromatic N) is 2. The predicted octanol–water partition coefficient (Wildman–Crippen LogP) is 0.214. The minimum Gasteiger partial charge on any atom is -0.393 e. The second-order valence-corrected chi connectivity index (χ2v) is 6.63. The summed E-state index contributed by atoms with van der Waals surface area (Å²) >= 11 is 4.82. The molecule has 1 heterocycles. The number of rotatable bonds is 6. The summed E-state index contributed by atoms with van der Waals surface area (Å²) in [5.41, 5.74) is 5.44. The maximum atomic E-state index is 12.0. The zero-order chi connectivity index (χ0) is 14.7. The van der Waals surface area contributed by atoms with Gasteiger partial charge in [-0.1, -0.05) is 12.2 Å². The van der Waals surface area contributed by atoms with Gasteiger partial charge in [0.2, 0.25) is 5.91 Å². The fourth-order valence-electron chi connectivity index (χ4n) is 3.36. The Morgan fingerprint density at radius 3 is 2.80 bits per heavy atom. The van der Waals surface area contributed by atoms with Crippen LogP contribution < -0.4 is 5.73 Å². The number of aliphatic hydroxyl groups excluding tert-OH is 1. The van der Waals surface area contributed by atoms with Crippen LogP contribution in [-0.2, 0) is 4.79 Å². The molecule has 0 radical (unpaired) electrons. The van der Waals surface area contributed by atoms with Gasteiger partial charge in [0.25, 0.3) is 0 Å². The van der Waals surface area contributed by atoms with E-state index in [2.05, 4.69) is 4.90 Å². The summed E-state index contributed by atoms with van der Waals surface area (Å²) in [6.07, 6.45) is 3.06. The molecule has 0 spiro atoms. The van der Waals surface area contributed by atoms with Gasteiger partial charge in [-0.2, -0.15) is 0 Å². The zero-order valence-corrected chi connectivity index (χ0v) is 12.9. The summed E-state index contributed by atoms with van der Waals surface area (Å²) in [7, 11) is 1.79. The molecule has 3 unspecified atom stereocenters. The largest absolute Gasteiger partial charge is 0.393 e. The van der Waals surface area contributed by atoms with Crippen molar-refractivity contribution in [1.82, 2.24) is 9.80 Å². The first kappa shape index (κ1) is 15.7. The first-order chi connectivity index (χ1) is 9.47. The molecule has 114 valence electrons. The first-order valence-electron chi connectivity index (χ1n) is 7.40. The van der Waals surface area contributed by atoms with Crippen LogP contribution in [0.25, 0.3) is 0 Å². The van der Waals surface area contributed by atoms with Crippen molar-refractivity contribution in [2.45, 2.75) is 31.8 Å². The molecular weight excluding hydrogens is 274 g/mol. The Morgan fingerprint density at radius 1 is 1.40 bits per heavy atom. The Hall–Kier alpha value is -0.720. The van der Waals surface area contributed by atoms with E-state index in [-0.39, 0.29) is 12.0 Å². The lowest BCUT2D eigenvalue weighted by Gasteiger charge is -2.21. The number of fused-ring (bicyclic) bond motifs is 1. The molecule has 1 saturated heterocycles. The molecule has 1 saturated carbocycles. The van der Waals surface area contributed by atoms with Crippen molar-refractivity contribution in [3.63, 3.8) is 0 Å². The average Bonchev–Trinajstić information content (AvgIpc) is 2.95. The molecule has 2 rings (SSSR count). The summed E-state index contributed by atoms with van der Waals surface area (Å²) in [6, 6.07) is 0. The lowest BCUT2D eigenvalue weighted by atomic mass is 10.00. The quantitative estimate of drug-likeness (QED) is 0.686. The van der Waals surface area contributed by atoms with E-state index >= 15 is 0 Å². The number of amides is 1. The Bertz CT molecular complexity index is 377. The fourth-order valence-corrected chi connectivity index (χ4v) is 3.45. The molecule has 2 fully saturated rings. The van der Waals surface area contributed by atoms with Crippen molar-refractivity contribution in [2.24, 2.45) is 17.6 Å². The molecule has 20 heavy (non-hydrogen) atoms. The van der Waals surface area contributed by atoms with E-state index in [1.807, 2.05) is 0 Å². The topological polar surface area (TPSA) is 69.8 Å². The maximum absolute atomic E-state index is 12.0. The maximum Gasteiger partial charge on any atom is 0.223 e. The standard InChI is InChI=1S/C14H25N3O2S/c1-16(6-4-13(15)20)14(19)5-7-17-8-10-2-3-12(18)11(10)9-17/h10-12,18H,2-9H2,1H3,(H2,15,20). The highest BCUT2D eigenvalue weighted by Gasteiger charge is 2.41. The van der Waals surface area contributed by atoms with Gasteiger partial charge in [0.05, 0.1) is 11.1 Å². The minimum atomic E-state index is -0.131. The average molecular weight is 299 g/mol. The van der Waals surface area contributed by atoms with Crippen LogP contribution in [0.1, 0.15) is 25.7 Å². The number of nitrogens with two attached hydrogens (primary N) is 1. The molecule has 2 aliphatic rings. The van der Waals surface area contributed by atoms with Crippen LogP contribution in [0, 0.1) is 11.8 Å². The van der Waals surface area contributed by atoms with Crippen LogP contribution in [0.15, 0.2) is 0 Å². The third-order valence-corrected chi connectivity index (χ3v) is 4.86. The van der Waals surface area contributed by atoms with Crippen LogP contribution in [0.5, 0.6) is 0 Å². The van der Waals surface area contributed by atoms with Crippen LogP contribution in [0.3, 0.4) is 0 Å². The zero-order valence-electron chi connectivity index (χ0n) is 12.1. The normalized spacial score (nSPS) is 29.4. The summed E-state index contributed by atoms with van der Waals surface area (Å²) in [5, 5.41) is 9.88. The number of carbonyl (C=O) groups is 1. The van der Waals surface area contributed by atoms with Crippen molar-refractivity contribution in [2.75, 3.05) is 33.2 Å². The SMILES string of the molecule is CN(CCC(N)=S)C(=O)CCN1CC2CCC(O)C2C1. The second-order valence-electron chi connectivity index (χ2n) is 6.11. The van der Waals surface area contributed by atoms with Crippen molar-refractivity contribution >= 4 is 23.1 Å². The molecule has 3 atom stereocenters. The van der Waals surface area contributed by atoms with Crippen molar-refractivity contribution < 1.29 is 9.90 Å². The second kappa shape index (κ2) is 6.83. The number of aliphatic hydroxyl groups is 1. The minimum absolute atomic E-state index is 0.131. The summed E-state index contributed by atoms with van der Waals surface area (Å²) in [6.45, 7) is 3.36. The van der Waals surface area contributed by atoms with Crippen molar-refractivity contribution in [3.05, 3.63) is 0 Å². The van der Waals surface area contributed by atoms with E-state index in [1.165, 1.54) is 0 Å². The molecule has 1 aliphatic heterocycles. The Balaban J connectivity index is 1.68. The van der Waals surface area contributed by atoms with Crippen LogP contribution >= 0.6 is 12.2 Å². The Labute approximate surface area is 126 Å². The summed E-state index contributed by atoms with van der Waals surface area (Å²) in [4.78, 5) is 16.5. The smallest absolute Gasteiger partial charge is 0.223 e. The highest BCUT2D eigenvalue weighted by molar-refractivity contribution is 7.80. The molecule has 5 nitrogen and oxygen atoms in total. The van der Waals surface area contributed by atoms with Gasteiger partial charge in [-0.05, 0) is 18.8 Å². The molecule has 3 N–H and O–H groups in total. The van der Waals surface area contributed by atoms with E-state index in [0.717, 1.165) is 32.5 Å². The monoisotopic (exact) mass is 299 g/mol. The van der Waals surface area contributed by atoms with Crippen molar-refractivity contribution in [1.29, 1.82) is 0 Å². The van der Waals surface area contributed by atoms with Gasteiger partial charge in [0.15, 0.2) is 0 Å². The van der Waals surface area contributed by atoms with E-state index in [0.29, 0.717) is 36.2 Å². The highest BCUT2D eigenvalue weighted by Crippen LogP contribution is 2.37. The van der Waals surface area contributed by atoms with E-state index < -0.39 is 0 Å². The van der Waals surface area contributed by atoms with E-state index in [4.69, 9.17) is 18.0 Å². The predicted molar refractivity (Wildman–Crippen MR) is 82.3 cm³/mol. The molecule has 0 bridgehead atoms. The van der Waals surface area contributed by atoms with Crippen LogP contribution in [0.2, 0.25) is 0 Å². The molecule has 0 aromatic heterocycles. The third kappa shape index (κ3) is 3.90. The van der Waals surface area contributed by atoms with Gasteiger partial charge in [0.1, 0.15) is 0 Å². The number of thiocarbonyl (C=S) groups is 1. The Morgan fingerprint density at radius 2 is 2.15 bits per heavy atom. The highest BCUT2D eigenvalue weighted by atomic mass is 32.1. The van der Waals surface area contributed by atoms with Gasteiger partial charge in [-0.3, -0.25) is 4.79 Å². The molecule has 0 aromatic rings. The fraction of sp³-hybridized carbons (Fsp3) is 0.857. The number of carbonyl (C=O) groups excluding carboxylic acids is 1. The van der Waals surface area contributed by atoms with Crippen LogP contribution in [-0.4, -0.2) is 65.1 Å². The molecule has 1 aliphatic carbocycles. The lowest BCUT2D eigenvalue weighted by Crippen LogP contribution is -2.33. The van der Waals surface area contributed by atoms with Gasteiger partial charge in [0, 0.05) is 52.0 Å². The molecule has 0 aromatic carbocycles. The van der Waals surface area contributed by atoms with Crippen molar-refractivity contribution in [3.8, 4) is 0 Å². The first-order valence-corrected chi connectivity index (χ1v) is 7.81. The van der Waals surface area contributed by atoms with Gasteiger partial charge in [-0.15, -0.1) is 0 Å². The number of likely N-dealkylation sites (tertiary alicyclic amines) is 1. The number of hydrogen-bond donors (Lipinski definition) is 2. The van der Waals surface area contributed by atoms with Gasteiger partial charge in [-0.25, -0.2) is 0 Å².